The van der Waals surface area contributed by atoms with E-state index in [2.05, 4.69) is 147 Å². The lowest BCUT2D eigenvalue weighted by molar-refractivity contribution is -0.134. The molecule has 8 aromatic rings. The van der Waals surface area contributed by atoms with Crippen molar-refractivity contribution in [3.63, 3.8) is 0 Å². The number of carbonyl (C=O) groups excluding carboxylic acids is 3. The first-order chi connectivity index (χ1) is 45.4. The molecular formula is C69H97ClN20O6. The van der Waals surface area contributed by atoms with Crippen LogP contribution in [0.4, 0.5) is 28.1 Å². The van der Waals surface area contributed by atoms with Crippen molar-refractivity contribution in [2.45, 2.75) is 130 Å². The van der Waals surface area contributed by atoms with Gasteiger partial charge >= 0.3 is 6.09 Å². The number of amides is 3. The number of nitrogens with one attached hydrogen (secondary N) is 5. The third-order valence-electron chi connectivity index (χ3n) is 23.4. The summed E-state index contributed by atoms with van der Waals surface area (Å²) in [6.07, 6.45) is 22.6. The van der Waals surface area contributed by atoms with Gasteiger partial charge in [0.2, 0.25) is 11.8 Å². The first kappa shape index (κ1) is 68.0. The summed E-state index contributed by atoms with van der Waals surface area (Å²) in [4.78, 5) is 98.4. The number of fused-ring (bicyclic) bond motifs is 8. The van der Waals surface area contributed by atoms with Crippen LogP contribution in [0.3, 0.4) is 0 Å². The van der Waals surface area contributed by atoms with Gasteiger partial charge in [0.1, 0.15) is 90.0 Å². The maximum Gasteiger partial charge on any atom is 0.410 e. The maximum atomic E-state index is 12.5. The average molecular weight is 1340 g/mol. The molecule has 7 N–H and O–H groups in total. The minimum Gasteiger partial charge on any atom is -0.444 e. The van der Waals surface area contributed by atoms with Crippen LogP contribution >= 0.6 is 12.4 Å². The van der Waals surface area contributed by atoms with Crippen LogP contribution in [0.1, 0.15) is 99.8 Å². The number of aliphatic hydroxyl groups excluding tert-OH is 2. The third-order valence-corrected chi connectivity index (χ3v) is 23.4. The van der Waals surface area contributed by atoms with Crippen molar-refractivity contribution >= 4 is 97.7 Å². The van der Waals surface area contributed by atoms with E-state index in [9.17, 15) is 14.4 Å². The van der Waals surface area contributed by atoms with Gasteiger partial charge in [0.15, 0.2) is 0 Å². The van der Waals surface area contributed by atoms with Crippen LogP contribution in [0, 0.1) is 45.3 Å². The minimum absolute atomic E-state index is 0. The van der Waals surface area contributed by atoms with Crippen LogP contribution in [0.5, 0.6) is 0 Å². The van der Waals surface area contributed by atoms with Crippen LogP contribution in [0.15, 0.2) is 74.4 Å². The number of H-pyrrole nitrogens is 4. The Morgan fingerprint density at radius 1 is 0.490 bits per heavy atom. The summed E-state index contributed by atoms with van der Waals surface area (Å²) in [5, 5.41) is 26.0. The number of halogens is 1. The normalized spacial score (nSPS) is 29.2. The predicted molar refractivity (Wildman–Crippen MR) is 373 cm³/mol. The van der Waals surface area contributed by atoms with Crippen molar-refractivity contribution in [2.75, 3.05) is 113 Å². The molecular weight excluding hydrogens is 1240 g/mol. The summed E-state index contributed by atoms with van der Waals surface area (Å²) in [7, 11) is 8.49. The molecule has 0 bridgehead atoms. The Balaban J connectivity index is 0.000000122. The second-order valence-electron chi connectivity index (χ2n) is 30.8. The number of rotatable bonds is 10. The fraction of sp³-hybridized carbons (Fsp3) is 0.609. The van der Waals surface area contributed by atoms with E-state index in [1.807, 2.05) is 78.5 Å². The van der Waals surface area contributed by atoms with Crippen molar-refractivity contribution in [1.82, 2.24) is 79.8 Å². The van der Waals surface area contributed by atoms with Crippen molar-refractivity contribution in [2.24, 2.45) is 45.3 Å². The molecule has 12 atom stereocenters. The number of aromatic nitrogens is 12. The van der Waals surface area contributed by atoms with Gasteiger partial charge in [-0.3, -0.25) is 9.59 Å². The van der Waals surface area contributed by atoms with Crippen LogP contribution in [0.25, 0.3) is 44.1 Å². The van der Waals surface area contributed by atoms with Gasteiger partial charge in [-0.1, -0.05) is 27.7 Å². The molecule has 4 aliphatic carbocycles. The molecule has 8 aromatic heterocycles. The molecule has 4 saturated carbocycles. The molecule has 516 valence electrons. The summed E-state index contributed by atoms with van der Waals surface area (Å²) in [6, 6.07) is 9.93. The quantitative estimate of drug-likeness (QED) is 0.0691. The monoisotopic (exact) mass is 1340 g/mol. The standard InChI is InChI=1S/C20H29N5O2.2C17H23N5O2.C15H21N5.ClH/c1-19(2,3)27-18(26)25-10-13-8-14(9-20(13,4)11-25)24(5)17-15-6-7-21-16(15)22-12-23-17;2*1-17-6-12(5-11(17)7-22(9-17)14(24)8-23)21(2)16-13-3-4-18-15(13)19-10-20-16;1-15-6-11(5-10(15)7-16-8-15)20(2)14-12-3-4-17-13(12)18-9-19-14;/h6-7,12-14H,8-11H2,1-5H3,(H,21,22,23);2*3-4,10-12,23H,5-9H2,1-2H3,(H,18,19,20);3-4,9-11,16H,5-8H2,1-2H3,(H,17,18,19);1H/t13-,14+,20+;2*11-,12+,17+;10-,11+,15+;/m1101./s1. The summed E-state index contributed by atoms with van der Waals surface area (Å²) in [6.45, 7) is 21.1. The Hall–Kier alpha value is -7.94. The van der Waals surface area contributed by atoms with Crippen LogP contribution < -0.4 is 24.9 Å². The van der Waals surface area contributed by atoms with Gasteiger partial charge < -0.3 is 74.5 Å². The Kier molecular flexibility index (Phi) is 18.8. The van der Waals surface area contributed by atoms with Gasteiger partial charge in [-0.05, 0) is 148 Å². The topological polar surface area (TPSA) is 302 Å². The zero-order valence-electron chi connectivity index (χ0n) is 57.4. The summed E-state index contributed by atoms with van der Waals surface area (Å²) in [5.41, 5.74) is 3.88. The molecule has 0 spiro atoms. The Morgan fingerprint density at radius 3 is 1.09 bits per heavy atom. The number of hydrogen-bond donors (Lipinski definition) is 7. The molecule has 8 fully saturated rings. The van der Waals surface area contributed by atoms with E-state index in [1.54, 1.807) is 25.3 Å². The number of anilines is 4. The number of nitrogens with zero attached hydrogens (tertiary/aromatic N) is 15. The minimum atomic E-state index is -0.451. The number of aliphatic hydroxyl groups is 2. The smallest absolute Gasteiger partial charge is 0.410 e. The second kappa shape index (κ2) is 26.5. The molecule has 0 radical (unpaired) electrons. The first-order valence-corrected chi connectivity index (χ1v) is 33.9. The molecule has 4 aliphatic heterocycles. The largest absolute Gasteiger partial charge is 0.444 e. The summed E-state index contributed by atoms with van der Waals surface area (Å²) >= 11 is 0. The molecule has 12 heterocycles. The molecule has 0 unspecified atom stereocenters. The zero-order chi connectivity index (χ0) is 66.9. The van der Waals surface area contributed by atoms with E-state index >= 15 is 0 Å². The Bertz CT molecular complexity index is 3950. The summed E-state index contributed by atoms with van der Waals surface area (Å²) in [5.74, 6) is 5.88. The van der Waals surface area contributed by atoms with E-state index in [4.69, 9.17) is 14.9 Å². The second-order valence-corrected chi connectivity index (χ2v) is 30.8. The maximum absolute atomic E-state index is 12.5. The van der Waals surface area contributed by atoms with Crippen molar-refractivity contribution in [3.8, 4) is 0 Å². The Labute approximate surface area is 567 Å². The predicted octanol–water partition coefficient (Wildman–Crippen LogP) is 7.66. The molecule has 4 saturated heterocycles. The number of hydrogen-bond acceptors (Lipinski definition) is 19. The van der Waals surface area contributed by atoms with Crippen molar-refractivity contribution < 1.29 is 29.3 Å². The molecule has 0 aromatic carbocycles. The lowest BCUT2D eigenvalue weighted by atomic mass is 9.83. The fourth-order valence-corrected chi connectivity index (χ4v) is 17.9. The number of ether oxygens (including phenoxy) is 1. The van der Waals surface area contributed by atoms with Gasteiger partial charge in [0.05, 0.1) is 21.5 Å². The zero-order valence-corrected chi connectivity index (χ0v) is 58.2. The van der Waals surface area contributed by atoms with Gasteiger partial charge in [-0.15, -0.1) is 12.4 Å². The Morgan fingerprint density at radius 2 is 0.792 bits per heavy atom. The highest BCUT2D eigenvalue weighted by atomic mass is 35.5. The number of aromatic amines is 4. The van der Waals surface area contributed by atoms with Crippen molar-refractivity contribution in [1.29, 1.82) is 0 Å². The number of carbonyl (C=O) groups is 3. The van der Waals surface area contributed by atoms with E-state index < -0.39 is 18.8 Å². The van der Waals surface area contributed by atoms with Crippen LogP contribution in [0.2, 0.25) is 0 Å². The fourth-order valence-electron chi connectivity index (χ4n) is 17.9. The first-order valence-electron chi connectivity index (χ1n) is 33.9. The van der Waals surface area contributed by atoms with Gasteiger partial charge in [0, 0.05) is 123 Å². The SMILES string of the molecule is CN(c1ncnc2[nH]ccc12)[C@@H]1C[C@H]2CN(C(=O)CO)C[C@@]2(C)C1.CN(c1ncnc2[nH]ccc12)[C@H]1C[C@@H]2CN(C(=O)CO)C[C@]2(C)C1.CN(c1ncnc2[nH]ccc12)[C@H]1C[C@@H]2CN(C(=O)OC(C)(C)C)C[C@]2(C)C1.CN(c1ncnc2[nH]ccc12)[C@H]1C[C@@H]2CNC[C@]2(C)C1.Cl. The lowest BCUT2D eigenvalue weighted by Crippen LogP contribution is -2.38. The van der Waals surface area contributed by atoms with E-state index in [-0.39, 0.29) is 46.6 Å². The van der Waals surface area contributed by atoms with E-state index in [0.29, 0.717) is 47.3 Å². The highest BCUT2D eigenvalue weighted by Crippen LogP contribution is 2.54. The van der Waals surface area contributed by atoms with Gasteiger partial charge in [-0.2, -0.15) is 0 Å². The third kappa shape index (κ3) is 13.0. The lowest BCUT2D eigenvalue weighted by Gasteiger charge is -2.30. The summed E-state index contributed by atoms with van der Waals surface area (Å²) < 4.78 is 5.57. The molecule has 8 aliphatic rings. The van der Waals surface area contributed by atoms with E-state index in [1.165, 1.54) is 19.4 Å². The molecule has 16 rings (SSSR count). The highest BCUT2D eigenvalue weighted by Gasteiger charge is 2.55. The number of likely N-dealkylation sites (tertiary alicyclic amines) is 3. The molecule has 27 heteroatoms. The molecule has 3 amide bonds. The average Bonchev–Trinajstić information content (AvgIpc) is 1.62. The van der Waals surface area contributed by atoms with Gasteiger partial charge in [-0.25, -0.2) is 44.7 Å². The van der Waals surface area contributed by atoms with Crippen molar-refractivity contribution in [3.05, 3.63) is 74.4 Å². The molecule has 26 nitrogen and oxygen atoms in total. The van der Waals surface area contributed by atoms with Gasteiger partial charge in [0.25, 0.3) is 0 Å². The molecule has 96 heavy (non-hydrogen) atoms. The highest BCUT2D eigenvalue weighted by molar-refractivity contribution is 5.90. The van der Waals surface area contributed by atoms with Crippen LogP contribution in [-0.4, -0.2) is 226 Å². The van der Waals surface area contributed by atoms with E-state index in [0.717, 1.165) is 158 Å². The van der Waals surface area contributed by atoms with Crippen LogP contribution in [-0.2, 0) is 14.3 Å².